The van der Waals surface area contributed by atoms with Crippen LogP contribution in [-0.4, -0.2) is 35.1 Å². The van der Waals surface area contributed by atoms with Crippen LogP contribution < -0.4 is 5.32 Å². The van der Waals surface area contributed by atoms with Crippen molar-refractivity contribution in [3.05, 3.63) is 21.3 Å². The van der Waals surface area contributed by atoms with Crippen LogP contribution in [0.5, 0.6) is 0 Å². The fourth-order valence-electron chi connectivity index (χ4n) is 2.30. The summed E-state index contributed by atoms with van der Waals surface area (Å²) in [6, 6.07) is 3.62. The van der Waals surface area contributed by atoms with E-state index in [1.165, 1.54) is 11.3 Å². The van der Waals surface area contributed by atoms with Gasteiger partial charge in [0.2, 0.25) is 0 Å². The Kier molecular flexibility index (Phi) is 5.25. The monoisotopic (exact) mass is 316 g/mol. The van der Waals surface area contributed by atoms with E-state index in [2.05, 4.69) is 5.32 Å². The maximum absolute atomic E-state index is 12.0. The van der Waals surface area contributed by atoms with Crippen LogP contribution in [0.1, 0.15) is 24.1 Å². The molecule has 1 aromatic rings. The van der Waals surface area contributed by atoms with Crippen LogP contribution in [0.15, 0.2) is 12.1 Å². The van der Waals surface area contributed by atoms with Gasteiger partial charge in [-0.05, 0) is 30.9 Å². The summed E-state index contributed by atoms with van der Waals surface area (Å²) in [5.74, 6) is -0.476. The molecule has 0 radical (unpaired) electrons. The number of likely N-dealkylation sites (tertiary alicyclic amines) is 1. The number of rotatable bonds is 5. The van der Waals surface area contributed by atoms with Gasteiger partial charge in [0.25, 0.3) is 0 Å². The number of hydrogen-bond acceptors (Lipinski definition) is 3. The maximum atomic E-state index is 12.0. The summed E-state index contributed by atoms with van der Waals surface area (Å²) < 4.78 is 0.712. The second-order valence-electron chi connectivity index (χ2n) is 4.90. The number of carboxylic acid groups (broad SMARTS) is 1. The first-order valence-electron chi connectivity index (χ1n) is 6.53. The highest BCUT2D eigenvalue weighted by Crippen LogP contribution is 2.22. The summed E-state index contributed by atoms with van der Waals surface area (Å²) in [5, 5.41) is 11.5. The minimum absolute atomic E-state index is 0.0904. The Bertz CT molecular complexity index is 492. The molecule has 0 aliphatic carbocycles. The molecule has 0 saturated carbocycles. The van der Waals surface area contributed by atoms with Gasteiger partial charge in [0.05, 0.1) is 10.9 Å². The summed E-state index contributed by atoms with van der Waals surface area (Å²) in [4.78, 5) is 25.3. The molecule has 1 saturated heterocycles. The van der Waals surface area contributed by atoms with Crippen molar-refractivity contribution in [3.63, 3.8) is 0 Å². The van der Waals surface area contributed by atoms with Gasteiger partial charge in [-0.25, -0.2) is 4.79 Å². The summed E-state index contributed by atoms with van der Waals surface area (Å²) in [7, 11) is 0. The molecule has 0 aromatic carbocycles. The van der Waals surface area contributed by atoms with Crippen LogP contribution in [0.2, 0.25) is 4.34 Å². The van der Waals surface area contributed by atoms with Gasteiger partial charge in [0, 0.05) is 24.4 Å². The van der Waals surface area contributed by atoms with E-state index >= 15 is 0 Å². The molecule has 2 amide bonds. The Hall–Kier alpha value is -1.27. The number of thiophene rings is 1. The lowest BCUT2D eigenvalue weighted by atomic mass is 10.0. The van der Waals surface area contributed by atoms with Gasteiger partial charge >= 0.3 is 12.0 Å². The first kappa shape index (κ1) is 15.1. The molecule has 1 aliphatic rings. The zero-order valence-electron chi connectivity index (χ0n) is 11.0. The fraction of sp³-hybridized carbons (Fsp3) is 0.538. The van der Waals surface area contributed by atoms with Crippen molar-refractivity contribution in [3.8, 4) is 0 Å². The van der Waals surface area contributed by atoms with Crippen molar-refractivity contribution >= 4 is 34.9 Å². The van der Waals surface area contributed by atoms with E-state index in [-0.39, 0.29) is 12.5 Å². The second-order valence-corrected chi connectivity index (χ2v) is 6.70. The predicted molar refractivity (Wildman–Crippen MR) is 78.1 cm³/mol. The van der Waals surface area contributed by atoms with Crippen molar-refractivity contribution < 1.29 is 14.7 Å². The quantitative estimate of drug-likeness (QED) is 0.877. The number of carboxylic acids is 1. The highest BCUT2D eigenvalue weighted by molar-refractivity contribution is 7.16. The van der Waals surface area contributed by atoms with Crippen molar-refractivity contribution in [1.29, 1.82) is 0 Å². The minimum atomic E-state index is -0.775. The maximum Gasteiger partial charge on any atom is 0.317 e. The minimum Gasteiger partial charge on any atom is -0.481 e. The number of nitrogens with zero attached hydrogens (tertiary/aromatic N) is 1. The first-order valence-corrected chi connectivity index (χ1v) is 7.73. The number of hydrogen-bond donors (Lipinski definition) is 2. The van der Waals surface area contributed by atoms with Crippen LogP contribution in [0, 0.1) is 5.92 Å². The van der Waals surface area contributed by atoms with Gasteiger partial charge in [-0.2, -0.15) is 0 Å². The second kappa shape index (κ2) is 6.95. The zero-order valence-corrected chi connectivity index (χ0v) is 12.5. The van der Waals surface area contributed by atoms with Gasteiger partial charge in [-0.15, -0.1) is 11.3 Å². The number of carbonyl (C=O) groups is 2. The number of amides is 2. The van der Waals surface area contributed by atoms with Gasteiger partial charge in [-0.3, -0.25) is 4.79 Å². The Morgan fingerprint density at radius 1 is 1.50 bits per heavy atom. The van der Waals surface area contributed by atoms with E-state index in [1.807, 2.05) is 12.1 Å². The molecule has 20 heavy (non-hydrogen) atoms. The third-order valence-electron chi connectivity index (χ3n) is 3.38. The van der Waals surface area contributed by atoms with Gasteiger partial charge < -0.3 is 15.3 Å². The standard InChI is InChI=1S/C13H17ClN2O3S/c14-11-3-2-10(20-11)7-15-13(19)16-6-5-9(8-16)1-4-12(17)18/h2-3,9H,1,4-8H2,(H,15,19)(H,17,18). The normalized spacial score (nSPS) is 18.2. The Morgan fingerprint density at radius 2 is 2.30 bits per heavy atom. The fourth-order valence-corrected chi connectivity index (χ4v) is 3.33. The Labute approximate surface area is 126 Å². The molecule has 110 valence electrons. The van der Waals surface area contributed by atoms with E-state index in [9.17, 15) is 9.59 Å². The smallest absolute Gasteiger partial charge is 0.317 e. The number of carbonyl (C=O) groups excluding carboxylic acids is 1. The van der Waals surface area contributed by atoms with E-state index in [4.69, 9.17) is 16.7 Å². The molecule has 0 bridgehead atoms. The highest BCUT2D eigenvalue weighted by atomic mass is 35.5. The lowest BCUT2D eigenvalue weighted by Crippen LogP contribution is -2.37. The summed E-state index contributed by atoms with van der Waals surface area (Å²) in [6.45, 7) is 1.82. The van der Waals surface area contributed by atoms with Crippen molar-refractivity contribution in [2.75, 3.05) is 13.1 Å². The van der Waals surface area contributed by atoms with Gasteiger partial charge in [0.15, 0.2) is 0 Å². The molecule has 1 unspecified atom stereocenters. The average molecular weight is 317 g/mol. The molecular weight excluding hydrogens is 300 g/mol. The number of halogens is 1. The zero-order chi connectivity index (χ0) is 14.5. The highest BCUT2D eigenvalue weighted by Gasteiger charge is 2.26. The third-order valence-corrected chi connectivity index (χ3v) is 4.61. The SMILES string of the molecule is O=C(O)CCC1CCN(C(=O)NCc2ccc(Cl)s2)C1. The van der Waals surface area contributed by atoms with E-state index in [0.29, 0.717) is 36.3 Å². The molecule has 2 heterocycles. The summed E-state index contributed by atoms with van der Waals surface area (Å²) in [5.41, 5.74) is 0. The molecule has 1 atom stereocenters. The summed E-state index contributed by atoms with van der Waals surface area (Å²) in [6.07, 6.45) is 1.69. The van der Waals surface area contributed by atoms with Crippen LogP contribution in [-0.2, 0) is 11.3 Å². The first-order chi connectivity index (χ1) is 9.54. The van der Waals surface area contributed by atoms with E-state index in [0.717, 1.165) is 11.3 Å². The molecule has 7 heteroatoms. The number of nitrogens with one attached hydrogen (secondary N) is 1. The lowest BCUT2D eigenvalue weighted by molar-refractivity contribution is -0.137. The van der Waals surface area contributed by atoms with Crippen LogP contribution in [0.4, 0.5) is 4.79 Å². The molecule has 2 rings (SSSR count). The predicted octanol–water partition coefficient (Wildman–Crippen LogP) is 2.80. The van der Waals surface area contributed by atoms with Crippen LogP contribution in [0.25, 0.3) is 0 Å². The average Bonchev–Trinajstić information content (AvgIpc) is 3.02. The third kappa shape index (κ3) is 4.38. The molecule has 1 aromatic heterocycles. The van der Waals surface area contributed by atoms with Crippen LogP contribution >= 0.6 is 22.9 Å². The van der Waals surface area contributed by atoms with Crippen LogP contribution in [0.3, 0.4) is 0 Å². The molecule has 1 aliphatic heterocycles. The number of urea groups is 1. The molecular formula is C13H17ClN2O3S. The number of aliphatic carboxylic acids is 1. The van der Waals surface area contributed by atoms with Crippen molar-refractivity contribution in [2.45, 2.75) is 25.8 Å². The molecule has 0 spiro atoms. The Morgan fingerprint density at radius 3 is 2.95 bits per heavy atom. The Balaban J connectivity index is 1.72. The van der Waals surface area contributed by atoms with Gasteiger partial charge in [0.1, 0.15) is 0 Å². The van der Waals surface area contributed by atoms with E-state index in [1.54, 1.807) is 4.90 Å². The van der Waals surface area contributed by atoms with Crippen molar-refractivity contribution in [2.24, 2.45) is 5.92 Å². The molecule has 5 nitrogen and oxygen atoms in total. The lowest BCUT2D eigenvalue weighted by Gasteiger charge is -2.17. The molecule has 2 N–H and O–H groups in total. The van der Waals surface area contributed by atoms with E-state index < -0.39 is 5.97 Å². The topological polar surface area (TPSA) is 69.6 Å². The largest absolute Gasteiger partial charge is 0.481 e. The summed E-state index contributed by atoms with van der Waals surface area (Å²) >= 11 is 7.28. The van der Waals surface area contributed by atoms with Crippen molar-refractivity contribution in [1.82, 2.24) is 10.2 Å². The molecule has 1 fully saturated rings. The van der Waals surface area contributed by atoms with Gasteiger partial charge in [-0.1, -0.05) is 11.6 Å².